The number of carbonyl (C=O) groups is 2. The molecular weight excluding hydrogens is 338 g/mol. The van der Waals surface area contributed by atoms with Gasteiger partial charge in [-0.25, -0.2) is 0 Å². The van der Waals surface area contributed by atoms with Crippen LogP contribution in [0, 0.1) is 11.8 Å². The summed E-state index contributed by atoms with van der Waals surface area (Å²) in [7, 11) is 0. The summed E-state index contributed by atoms with van der Waals surface area (Å²) >= 11 is 0. The van der Waals surface area contributed by atoms with Gasteiger partial charge >= 0.3 is 0 Å². The highest BCUT2D eigenvalue weighted by atomic mass is 16.2. The number of piperidine rings is 1. The summed E-state index contributed by atoms with van der Waals surface area (Å²) < 4.78 is 0. The van der Waals surface area contributed by atoms with Crippen LogP contribution in [-0.4, -0.2) is 60.9 Å². The van der Waals surface area contributed by atoms with Gasteiger partial charge in [0.15, 0.2) is 0 Å². The highest BCUT2D eigenvalue weighted by Gasteiger charge is 2.32. The smallest absolute Gasteiger partial charge is 0.253 e. The van der Waals surface area contributed by atoms with Crippen molar-refractivity contribution in [1.29, 1.82) is 0 Å². The topological polar surface area (TPSA) is 52.7 Å². The normalized spacial score (nSPS) is 23.4. The van der Waals surface area contributed by atoms with E-state index in [9.17, 15) is 9.59 Å². The van der Waals surface area contributed by atoms with Crippen molar-refractivity contribution in [2.75, 3.05) is 39.3 Å². The first-order valence-electron chi connectivity index (χ1n) is 10.5. The molecule has 0 unspecified atom stereocenters. The fraction of sp³-hybridized carbons (Fsp3) is 0.636. The number of nitrogens with one attached hydrogen (secondary N) is 1. The SMILES string of the molecule is CC[C@@H]1CN(C(=O)c2ccccc2)CC[C@H]1CC(=O)NCCN1CCCC1. The third-order valence-electron chi connectivity index (χ3n) is 6.12. The molecule has 148 valence electrons. The fourth-order valence-corrected chi connectivity index (χ4v) is 4.43. The van der Waals surface area contributed by atoms with E-state index in [1.54, 1.807) is 0 Å². The van der Waals surface area contributed by atoms with E-state index in [-0.39, 0.29) is 11.8 Å². The molecule has 2 fully saturated rings. The van der Waals surface area contributed by atoms with Gasteiger partial charge < -0.3 is 15.1 Å². The number of likely N-dealkylation sites (tertiary alicyclic amines) is 2. The molecule has 2 aliphatic rings. The molecule has 5 heteroatoms. The van der Waals surface area contributed by atoms with Crippen LogP contribution in [0.3, 0.4) is 0 Å². The molecule has 2 saturated heterocycles. The predicted molar refractivity (Wildman–Crippen MR) is 108 cm³/mol. The maximum absolute atomic E-state index is 12.7. The molecule has 0 aromatic heterocycles. The van der Waals surface area contributed by atoms with E-state index in [1.807, 2.05) is 35.2 Å². The van der Waals surface area contributed by atoms with Gasteiger partial charge in [0.25, 0.3) is 5.91 Å². The van der Waals surface area contributed by atoms with Crippen molar-refractivity contribution in [3.8, 4) is 0 Å². The molecule has 0 spiro atoms. The summed E-state index contributed by atoms with van der Waals surface area (Å²) in [4.78, 5) is 29.5. The first kappa shape index (κ1) is 19.9. The molecule has 0 bridgehead atoms. The maximum atomic E-state index is 12.7. The van der Waals surface area contributed by atoms with E-state index >= 15 is 0 Å². The summed E-state index contributed by atoms with van der Waals surface area (Å²) in [5.74, 6) is 1.06. The zero-order valence-electron chi connectivity index (χ0n) is 16.5. The lowest BCUT2D eigenvalue weighted by atomic mass is 9.81. The van der Waals surface area contributed by atoms with E-state index in [0.717, 1.165) is 44.6 Å². The molecule has 5 nitrogen and oxygen atoms in total. The van der Waals surface area contributed by atoms with Crippen LogP contribution in [0.25, 0.3) is 0 Å². The maximum Gasteiger partial charge on any atom is 0.253 e. The Morgan fingerprint density at radius 1 is 1.07 bits per heavy atom. The van der Waals surface area contributed by atoms with Gasteiger partial charge in [-0.05, 0) is 56.3 Å². The van der Waals surface area contributed by atoms with Crippen molar-refractivity contribution in [1.82, 2.24) is 15.1 Å². The Bertz CT molecular complexity index is 613. The Morgan fingerprint density at radius 3 is 2.52 bits per heavy atom. The Hall–Kier alpha value is -1.88. The lowest BCUT2D eigenvalue weighted by Crippen LogP contribution is -2.45. The molecule has 0 aliphatic carbocycles. The highest BCUT2D eigenvalue weighted by Crippen LogP contribution is 2.29. The van der Waals surface area contributed by atoms with Crippen molar-refractivity contribution in [2.45, 2.75) is 39.0 Å². The minimum atomic E-state index is 0.113. The first-order valence-corrected chi connectivity index (χ1v) is 10.5. The molecule has 2 aliphatic heterocycles. The van der Waals surface area contributed by atoms with Gasteiger partial charge in [-0.2, -0.15) is 0 Å². The second kappa shape index (κ2) is 9.88. The second-order valence-corrected chi connectivity index (χ2v) is 7.94. The van der Waals surface area contributed by atoms with E-state index in [2.05, 4.69) is 17.1 Å². The minimum absolute atomic E-state index is 0.113. The van der Waals surface area contributed by atoms with Crippen LogP contribution >= 0.6 is 0 Å². The van der Waals surface area contributed by atoms with E-state index in [4.69, 9.17) is 0 Å². The van der Waals surface area contributed by atoms with Crippen LogP contribution in [0.1, 0.15) is 49.4 Å². The van der Waals surface area contributed by atoms with Gasteiger partial charge in [-0.15, -0.1) is 0 Å². The first-order chi connectivity index (χ1) is 13.2. The lowest BCUT2D eigenvalue weighted by molar-refractivity contribution is -0.122. The summed E-state index contributed by atoms with van der Waals surface area (Å²) in [6, 6.07) is 9.50. The van der Waals surface area contributed by atoms with Crippen LogP contribution < -0.4 is 5.32 Å². The van der Waals surface area contributed by atoms with E-state index in [1.165, 1.54) is 25.9 Å². The molecule has 1 aromatic rings. The Balaban J connectivity index is 1.45. The molecule has 2 amide bonds. The number of carbonyl (C=O) groups excluding carboxylic acids is 2. The predicted octanol–water partition coefficient (Wildman–Crippen LogP) is 2.78. The van der Waals surface area contributed by atoms with Crippen molar-refractivity contribution in [3.05, 3.63) is 35.9 Å². The van der Waals surface area contributed by atoms with Gasteiger partial charge in [0.2, 0.25) is 5.91 Å². The van der Waals surface area contributed by atoms with Gasteiger partial charge in [0.05, 0.1) is 0 Å². The molecule has 3 rings (SSSR count). The van der Waals surface area contributed by atoms with Crippen LogP contribution in [0.4, 0.5) is 0 Å². The van der Waals surface area contributed by atoms with Crippen molar-refractivity contribution in [2.24, 2.45) is 11.8 Å². The monoisotopic (exact) mass is 371 g/mol. The number of amides is 2. The van der Waals surface area contributed by atoms with E-state index < -0.39 is 0 Å². The van der Waals surface area contributed by atoms with Crippen molar-refractivity contribution < 1.29 is 9.59 Å². The molecule has 0 radical (unpaired) electrons. The highest BCUT2D eigenvalue weighted by molar-refractivity contribution is 5.94. The molecule has 0 saturated carbocycles. The van der Waals surface area contributed by atoms with Gasteiger partial charge in [0, 0.05) is 38.2 Å². The molecule has 2 atom stereocenters. The van der Waals surface area contributed by atoms with Gasteiger partial charge in [-0.3, -0.25) is 9.59 Å². The molecule has 1 N–H and O–H groups in total. The van der Waals surface area contributed by atoms with Gasteiger partial charge in [0.1, 0.15) is 0 Å². The average Bonchev–Trinajstić information content (AvgIpc) is 3.22. The quantitative estimate of drug-likeness (QED) is 0.802. The second-order valence-electron chi connectivity index (χ2n) is 7.94. The minimum Gasteiger partial charge on any atom is -0.355 e. The number of hydrogen-bond donors (Lipinski definition) is 1. The summed E-state index contributed by atoms with van der Waals surface area (Å²) in [6.07, 6.45) is 5.07. The van der Waals surface area contributed by atoms with E-state index in [0.29, 0.717) is 18.3 Å². The number of nitrogens with zero attached hydrogens (tertiary/aromatic N) is 2. The largest absolute Gasteiger partial charge is 0.355 e. The van der Waals surface area contributed by atoms with Crippen LogP contribution in [0.5, 0.6) is 0 Å². The number of rotatable bonds is 7. The van der Waals surface area contributed by atoms with Crippen LogP contribution in [-0.2, 0) is 4.79 Å². The van der Waals surface area contributed by atoms with Crippen molar-refractivity contribution >= 4 is 11.8 Å². The Morgan fingerprint density at radius 2 is 1.81 bits per heavy atom. The molecule has 2 heterocycles. The fourth-order valence-electron chi connectivity index (χ4n) is 4.43. The summed E-state index contributed by atoms with van der Waals surface area (Å²) in [6.45, 7) is 7.72. The molecule has 27 heavy (non-hydrogen) atoms. The van der Waals surface area contributed by atoms with Crippen molar-refractivity contribution in [3.63, 3.8) is 0 Å². The molecule has 1 aromatic carbocycles. The zero-order chi connectivity index (χ0) is 19.1. The Labute approximate surface area is 163 Å². The summed E-state index contributed by atoms with van der Waals surface area (Å²) in [5.41, 5.74) is 0.755. The summed E-state index contributed by atoms with van der Waals surface area (Å²) in [5, 5.41) is 3.10. The standard InChI is InChI=1S/C22H33N3O2/c1-2-18-17-25(22(27)19-8-4-3-5-9-19)14-10-20(18)16-21(26)23-11-15-24-12-6-7-13-24/h3-5,8-9,18,20H,2,6-7,10-17H2,1H3,(H,23,26)/t18-,20+/m1/s1. The van der Waals surface area contributed by atoms with Crippen LogP contribution in [0.2, 0.25) is 0 Å². The average molecular weight is 372 g/mol. The third kappa shape index (κ3) is 5.55. The number of benzene rings is 1. The molecular formula is C22H33N3O2. The van der Waals surface area contributed by atoms with Gasteiger partial charge in [-0.1, -0.05) is 31.5 Å². The van der Waals surface area contributed by atoms with Crippen LogP contribution in [0.15, 0.2) is 30.3 Å². The third-order valence-corrected chi connectivity index (χ3v) is 6.12. The lowest BCUT2D eigenvalue weighted by Gasteiger charge is -2.38. The Kier molecular flexibility index (Phi) is 7.27. The number of hydrogen-bond acceptors (Lipinski definition) is 3. The zero-order valence-corrected chi connectivity index (χ0v) is 16.5.